The smallest absolute Gasteiger partial charge is 0.271 e. The number of hydrogen-bond acceptors (Lipinski definition) is 7. The Labute approximate surface area is 131 Å². The summed E-state index contributed by atoms with van der Waals surface area (Å²) in [5.41, 5.74) is 0.328. The Balaban J connectivity index is 1.75. The van der Waals surface area contributed by atoms with Crippen LogP contribution in [0.25, 0.3) is 10.9 Å². The molecule has 1 amide bonds. The SMILES string of the molecule is O=C(COc1ncnc2cc([N+](=O)[O-])ccc12)N1CCOCC1. The first-order chi connectivity index (χ1) is 11.1. The van der Waals surface area contributed by atoms with Gasteiger partial charge >= 0.3 is 0 Å². The summed E-state index contributed by atoms with van der Waals surface area (Å²) in [5.74, 6) is 0.0773. The lowest BCUT2D eigenvalue weighted by atomic mass is 10.2. The zero-order valence-electron chi connectivity index (χ0n) is 12.2. The number of hydrogen-bond donors (Lipinski definition) is 0. The number of rotatable bonds is 4. The van der Waals surface area contributed by atoms with Gasteiger partial charge in [0, 0.05) is 25.2 Å². The number of carbonyl (C=O) groups is 1. The Kier molecular flexibility index (Phi) is 4.29. The molecule has 0 unspecified atom stereocenters. The van der Waals surface area contributed by atoms with Gasteiger partial charge in [0.2, 0.25) is 5.88 Å². The van der Waals surface area contributed by atoms with E-state index in [0.717, 1.165) is 0 Å². The van der Waals surface area contributed by atoms with Crippen LogP contribution in [-0.2, 0) is 9.53 Å². The molecule has 1 saturated heterocycles. The van der Waals surface area contributed by atoms with Crippen LogP contribution in [0, 0.1) is 10.1 Å². The number of ether oxygens (including phenoxy) is 2. The topological polar surface area (TPSA) is 108 Å². The predicted octanol–water partition coefficient (Wildman–Crippen LogP) is 0.776. The maximum Gasteiger partial charge on any atom is 0.271 e. The van der Waals surface area contributed by atoms with Crippen LogP contribution >= 0.6 is 0 Å². The molecule has 0 N–H and O–H groups in total. The second-order valence-corrected chi connectivity index (χ2v) is 4.92. The van der Waals surface area contributed by atoms with E-state index in [0.29, 0.717) is 37.2 Å². The Morgan fingerprint density at radius 2 is 2.13 bits per heavy atom. The first-order valence-electron chi connectivity index (χ1n) is 7.02. The van der Waals surface area contributed by atoms with E-state index in [1.54, 1.807) is 4.90 Å². The molecule has 1 fully saturated rings. The van der Waals surface area contributed by atoms with E-state index < -0.39 is 4.92 Å². The normalized spacial score (nSPS) is 14.7. The Morgan fingerprint density at radius 1 is 1.35 bits per heavy atom. The van der Waals surface area contributed by atoms with Crippen molar-refractivity contribution in [1.29, 1.82) is 0 Å². The van der Waals surface area contributed by atoms with Gasteiger partial charge < -0.3 is 14.4 Å². The molecule has 1 aliphatic heterocycles. The number of aromatic nitrogens is 2. The molecule has 0 aliphatic carbocycles. The lowest BCUT2D eigenvalue weighted by molar-refractivity contribution is -0.384. The number of non-ortho nitro benzene ring substituents is 1. The highest BCUT2D eigenvalue weighted by Crippen LogP contribution is 2.25. The summed E-state index contributed by atoms with van der Waals surface area (Å²) in [6, 6.07) is 4.21. The van der Waals surface area contributed by atoms with Gasteiger partial charge in [-0.1, -0.05) is 0 Å². The molecule has 0 saturated carbocycles. The number of morpholine rings is 1. The van der Waals surface area contributed by atoms with Gasteiger partial charge in [-0.25, -0.2) is 9.97 Å². The molecule has 1 aliphatic rings. The summed E-state index contributed by atoms with van der Waals surface area (Å²) in [6.07, 6.45) is 1.25. The van der Waals surface area contributed by atoms with E-state index in [2.05, 4.69) is 9.97 Å². The number of amides is 1. The van der Waals surface area contributed by atoms with E-state index >= 15 is 0 Å². The minimum atomic E-state index is -0.496. The van der Waals surface area contributed by atoms with Gasteiger partial charge in [-0.2, -0.15) is 0 Å². The Bertz CT molecular complexity index is 745. The summed E-state index contributed by atoms with van der Waals surface area (Å²) in [4.78, 5) is 32.0. The number of fused-ring (bicyclic) bond motifs is 1. The fraction of sp³-hybridized carbons (Fsp3) is 0.357. The first-order valence-corrected chi connectivity index (χ1v) is 7.02. The maximum absolute atomic E-state index is 12.1. The van der Waals surface area contributed by atoms with Crippen LogP contribution in [0.5, 0.6) is 5.88 Å². The fourth-order valence-corrected chi connectivity index (χ4v) is 2.28. The quantitative estimate of drug-likeness (QED) is 0.605. The molecule has 1 aromatic carbocycles. The summed E-state index contributed by atoms with van der Waals surface area (Å²) in [5, 5.41) is 11.3. The van der Waals surface area contributed by atoms with Crippen LogP contribution in [0.1, 0.15) is 0 Å². The second kappa shape index (κ2) is 6.53. The van der Waals surface area contributed by atoms with Crippen molar-refractivity contribution < 1.29 is 19.2 Å². The van der Waals surface area contributed by atoms with Crippen molar-refractivity contribution in [3.8, 4) is 5.88 Å². The van der Waals surface area contributed by atoms with Crippen molar-refractivity contribution in [3.63, 3.8) is 0 Å². The first kappa shape index (κ1) is 15.1. The maximum atomic E-state index is 12.1. The number of carbonyl (C=O) groups excluding carboxylic acids is 1. The molecule has 0 bridgehead atoms. The Morgan fingerprint density at radius 3 is 2.87 bits per heavy atom. The molecule has 0 atom stereocenters. The third kappa shape index (κ3) is 3.34. The standard InChI is InChI=1S/C14H14N4O5/c19-13(17-3-5-22-6-4-17)8-23-14-11-2-1-10(18(20)21)7-12(11)15-9-16-14/h1-2,7,9H,3-6,8H2. The van der Waals surface area contributed by atoms with Crippen LogP contribution in [-0.4, -0.2) is 58.6 Å². The zero-order chi connectivity index (χ0) is 16.2. The molecular weight excluding hydrogens is 304 g/mol. The monoisotopic (exact) mass is 318 g/mol. The largest absolute Gasteiger partial charge is 0.467 e. The second-order valence-electron chi connectivity index (χ2n) is 4.92. The number of nitro groups is 1. The van der Waals surface area contributed by atoms with Crippen LogP contribution in [0.2, 0.25) is 0 Å². The van der Waals surface area contributed by atoms with E-state index in [-0.39, 0.29) is 24.1 Å². The van der Waals surface area contributed by atoms with Gasteiger partial charge in [0.1, 0.15) is 6.33 Å². The Hall–Kier alpha value is -2.81. The van der Waals surface area contributed by atoms with Crippen LogP contribution in [0.3, 0.4) is 0 Å². The van der Waals surface area contributed by atoms with E-state index in [4.69, 9.17) is 9.47 Å². The fourth-order valence-electron chi connectivity index (χ4n) is 2.28. The van der Waals surface area contributed by atoms with E-state index in [9.17, 15) is 14.9 Å². The molecule has 120 valence electrons. The van der Waals surface area contributed by atoms with Crippen molar-refractivity contribution in [1.82, 2.24) is 14.9 Å². The van der Waals surface area contributed by atoms with Gasteiger partial charge in [0.25, 0.3) is 11.6 Å². The third-order valence-electron chi connectivity index (χ3n) is 3.49. The number of benzene rings is 1. The van der Waals surface area contributed by atoms with Crippen molar-refractivity contribution in [2.75, 3.05) is 32.9 Å². The predicted molar refractivity (Wildman–Crippen MR) is 79.1 cm³/mol. The lowest BCUT2D eigenvalue weighted by Gasteiger charge is -2.26. The molecule has 2 heterocycles. The number of nitrogens with zero attached hydrogens (tertiary/aromatic N) is 4. The number of nitro benzene ring substituents is 1. The van der Waals surface area contributed by atoms with Crippen molar-refractivity contribution in [2.45, 2.75) is 0 Å². The van der Waals surface area contributed by atoms with Crippen LogP contribution in [0.4, 0.5) is 5.69 Å². The minimum Gasteiger partial charge on any atom is -0.467 e. The molecule has 9 heteroatoms. The average molecular weight is 318 g/mol. The minimum absolute atomic E-state index is 0.0634. The summed E-state index contributed by atoms with van der Waals surface area (Å²) in [6.45, 7) is 1.97. The third-order valence-corrected chi connectivity index (χ3v) is 3.49. The molecule has 3 rings (SSSR count). The highest BCUT2D eigenvalue weighted by Gasteiger charge is 2.18. The summed E-state index contributed by atoms with van der Waals surface area (Å²) < 4.78 is 10.7. The van der Waals surface area contributed by atoms with Crippen molar-refractivity contribution in [3.05, 3.63) is 34.6 Å². The molecule has 2 aromatic rings. The molecule has 1 aromatic heterocycles. The van der Waals surface area contributed by atoms with Crippen molar-refractivity contribution >= 4 is 22.5 Å². The lowest BCUT2D eigenvalue weighted by Crippen LogP contribution is -2.43. The van der Waals surface area contributed by atoms with Gasteiger partial charge in [-0.05, 0) is 6.07 Å². The molecule has 0 radical (unpaired) electrons. The summed E-state index contributed by atoms with van der Waals surface area (Å²) >= 11 is 0. The molecule has 0 spiro atoms. The van der Waals surface area contributed by atoms with E-state index in [1.807, 2.05) is 0 Å². The van der Waals surface area contributed by atoms with Crippen LogP contribution in [0.15, 0.2) is 24.5 Å². The van der Waals surface area contributed by atoms with Gasteiger partial charge in [-0.15, -0.1) is 0 Å². The molecule has 9 nitrogen and oxygen atoms in total. The highest BCUT2D eigenvalue weighted by molar-refractivity contribution is 5.85. The highest BCUT2D eigenvalue weighted by atomic mass is 16.6. The van der Waals surface area contributed by atoms with Gasteiger partial charge in [0.05, 0.1) is 29.0 Å². The summed E-state index contributed by atoms with van der Waals surface area (Å²) in [7, 11) is 0. The van der Waals surface area contributed by atoms with Crippen molar-refractivity contribution in [2.24, 2.45) is 0 Å². The van der Waals surface area contributed by atoms with Gasteiger partial charge in [-0.3, -0.25) is 14.9 Å². The molecule has 23 heavy (non-hydrogen) atoms. The van der Waals surface area contributed by atoms with Crippen LogP contribution < -0.4 is 4.74 Å². The average Bonchev–Trinajstić information content (AvgIpc) is 2.59. The zero-order valence-corrected chi connectivity index (χ0v) is 12.2. The van der Waals surface area contributed by atoms with E-state index in [1.165, 1.54) is 24.5 Å². The molecular formula is C14H14N4O5. The van der Waals surface area contributed by atoms with Gasteiger partial charge in [0.15, 0.2) is 6.61 Å².